The van der Waals surface area contributed by atoms with Gasteiger partial charge in [-0.05, 0) is 29.5 Å². The first kappa shape index (κ1) is 23.0. The molecule has 0 aliphatic carbocycles. The van der Waals surface area contributed by atoms with E-state index >= 15 is 0 Å². The lowest BCUT2D eigenvalue weighted by molar-refractivity contribution is -0.123. The molecule has 4 N–H and O–H groups in total. The van der Waals surface area contributed by atoms with Gasteiger partial charge in [-0.1, -0.05) is 91.0 Å². The first-order chi connectivity index (χ1) is 15.6. The molecular weight excluding hydrogens is 402 g/mol. The fraction of sp³-hybridized carbons (Fsp3) is 0.231. The molecule has 3 rings (SSSR count). The third-order valence-electron chi connectivity index (χ3n) is 5.01. The molecular formula is C26H29N3O3. The van der Waals surface area contributed by atoms with E-state index in [1.165, 1.54) is 0 Å². The van der Waals surface area contributed by atoms with E-state index in [1.54, 1.807) is 0 Å². The third-order valence-corrected chi connectivity index (χ3v) is 5.01. The van der Waals surface area contributed by atoms with Crippen LogP contribution in [-0.4, -0.2) is 30.6 Å². The van der Waals surface area contributed by atoms with E-state index < -0.39 is 12.1 Å². The number of carbonyl (C=O) groups is 2. The minimum Gasteiger partial charge on any atom is -0.445 e. The van der Waals surface area contributed by atoms with Gasteiger partial charge in [-0.25, -0.2) is 4.79 Å². The molecule has 0 saturated carbocycles. The molecule has 0 bridgehead atoms. The number of hydrogen-bond donors (Lipinski definition) is 3. The van der Waals surface area contributed by atoms with Gasteiger partial charge in [0.2, 0.25) is 5.91 Å². The second-order valence-corrected chi connectivity index (χ2v) is 7.63. The zero-order valence-electron chi connectivity index (χ0n) is 17.9. The van der Waals surface area contributed by atoms with Crippen molar-refractivity contribution in [2.75, 3.05) is 6.54 Å². The fourth-order valence-electron chi connectivity index (χ4n) is 3.32. The number of amides is 2. The van der Waals surface area contributed by atoms with E-state index in [0.717, 1.165) is 16.7 Å². The zero-order valence-corrected chi connectivity index (χ0v) is 17.9. The Hall–Kier alpha value is -3.64. The van der Waals surface area contributed by atoms with Crippen LogP contribution in [0.1, 0.15) is 16.7 Å². The molecule has 0 saturated heterocycles. The molecule has 166 valence electrons. The minimum absolute atomic E-state index is 0.185. The van der Waals surface area contributed by atoms with Crippen molar-refractivity contribution in [2.45, 2.75) is 31.5 Å². The van der Waals surface area contributed by atoms with Gasteiger partial charge >= 0.3 is 6.09 Å². The summed E-state index contributed by atoms with van der Waals surface area (Å²) in [5.74, 6) is -0.255. The summed E-state index contributed by atoms with van der Waals surface area (Å²) >= 11 is 0. The largest absolute Gasteiger partial charge is 0.445 e. The molecule has 0 aliphatic rings. The fourth-order valence-corrected chi connectivity index (χ4v) is 3.32. The lowest BCUT2D eigenvalue weighted by Crippen LogP contribution is -2.51. The molecule has 32 heavy (non-hydrogen) atoms. The van der Waals surface area contributed by atoms with Crippen molar-refractivity contribution in [1.82, 2.24) is 10.6 Å². The molecule has 6 heteroatoms. The Bertz CT molecular complexity index is 965. The highest BCUT2D eigenvalue weighted by atomic mass is 16.5. The number of hydrogen-bond acceptors (Lipinski definition) is 4. The van der Waals surface area contributed by atoms with E-state index in [1.807, 2.05) is 91.0 Å². The second-order valence-electron chi connectivity index (χ2n) is 7.63. The maximum Gasteiger partial charge on any atom is 0.407 e. The van der Waals surface area contributed by atoms with Gasteiger partial charge < -0.3 is 21.1 Å². The molecule has 3 aromatic rings. The highest BCUT2D eigenvalue weighted by Crippen LogP contribution is 2.06. The Morgan fingerprint density at radius 2 is 1.25 bits per heavy atom. The monoisotopic (exact) mass is 431 g/mol. The van der Waals surface area contributed by atoms with Crippen LogP contribution < -0.4 is 16.4 Å². The van der Waals surface area contributed by atoms with Gasteiger partial charge in [-0.15, -0.1) is 0 Å². The predicted octanol–water partition coefficient (Wildman–Crippen LogP) is 3.21. The third kappa shape index (κ3) is 7.89. The van der Waals surface area contributed by atoms with Crippen LogP contribution in [0.2, 0.25) is 0 Å². The number of nitrogens with one attached hydrogen (secondary N) is 2. The maximum absolute atomic E-state index is 12.7. The number of nitrogens with two attached hydrogens (primary N) is 1. The smallest absolute Gasteiger partial charge is 0.407 e. The van der Waals surface area contributed by atoms with Crippen LogP contribution in [0.15, 0.2) is 91.0 Å². The Morgan fingerprint density at radius 1 is 0.750 bits per heavy atom. The van der Waals surface area contributed by atoms with E-state index in [9.17, 15) is 9.59 Å². The van der Waals surface area contributed by atoms with Crippen molar-refractivity contribution in [1.29, 1.82) is 0 Å². The average Bonchev–Trinajstić information content (AvgIpc) is 2.83. The Morgan fingerprint density at radius 3 is 1.81 bits per heavy atom. The van der Waals surface area contributed by atoms with E-state index in [0.29, 0.717) is 12.8 Å². The lowest BCUT2D eigenvalue weighted by atomic mass is 10.0. The topological polar surface area (TPSA) is 93.5 Å². The molecule has 3 aromatic carbocycles. The summed E-state index contributed by atoms with van der Waals surface area (Å²) < 4.78 is 5.27. The van der Waals surface area contributed by atoms with Crippen LogP contribution in [0.25, 0.3) is 0 Å². The summed E-state index contributed by atoms with van der Waals surface area (Å²) in [5.41, 5.74) is 9.09. The van der Waals surface area contributed by atoms with Gasteiger partial charge in [0.1, 0.15) is 6.61 Å². The van der Waals surface area contributed by atoms with Crippen LogP contribution >= 0.6 is 0 Å². The summed E-state index contributed by atoms with van der Waals surface area (Å²) in [5, 5.41) is 5.73. The normalized spacial score (nSPS) is 12.4. The number of ether oxygens (including phenoxy) is 1. The van der Waals surface area contributed by atoms with Gasteiger partial charge in [-0.2, -0.15) is 0 Å². The van der Waals surface area contributed by atoms with Crippen molar-refractivity contribution < 1.29 is 14.3 Å². The van der Waals surface area contributed by atoms with Crippen LogP contribution in [0.4, 0.5) is 4.79 Å². The molecule has 0 aliphatic heterocycles. The maximum atomic E-state index is 12.7. The molecule has 0 spiro atoms. The van der Waals surface area contributed by atoms with Crippen molar-refractivity contribution >= 4 is 12.0 Å². The van der Waals surface area contributed by atoms with Crippen molar-refractivity contribution in [3.05, 3.63) is 108 Å². The lowest BCUT2D eigenvalue weighted by Gasteiger charge is -2.22. The molecule has 0 unspecified atom stereocenters. The molecule has 2 amide bonds. The quantitative estimate of drug-likeness (QED) is 0.460. The summed E-state index contributed by atoms with van der Waals surface area (Å²) in [6.45, 7) is 0.413. The summed E-state index contributed by atoms with van der Waals surface area (Å²) in [6, 6.07) is 27.9. The number of carbonyl (C=O) groups excluding carboxylic acids is 2. The highest BCUT2D eigenvalue weighted by molar-refractivity contribution is 5.82. The average molecular weight is 432 g/mol. The van der Waals surface area contributed by atoms with Crippen molar-refractivity contribution in [3.63, 3.8) is 0 Å². The molecule has 6 nitrogen and oxygen atoms in total. The predicted molar refractivity (Wildman–Crippen MR) is 125 cm³/mol. The molecule has 0 radical (unpaired) electrons. The SMILES string of the molecule is N[C@@H](Cc1ccccc1)C(=O)N[C@@H](CNC(=O)OCc1ccccc1)Cc1ccccc1. The van der Waals surface area contributed by atoms with Crippen LogP contribution in [0.5, 0.6) is 0 Å². The number of rotatable bonds is 10. The van der Waals surface area contributed by atoms with E-state index in [2.05, 4.69) is 10.6 Å². The van der Waals surface area contributed by atoms with Gasteiger partial charge in [0.25, 0.3) is 0 Å². The van der Waals surface area contributed by atoms with Gasteiger partial charge in [0.05, 0.1) is 12.1 Å². The van der Waals surface area contributed by atoms with Crippen LogP contribution in [0, 0.1) is 0 Å². The first-order valence-corrected chi connectivity index (χ1v) is 10.7. The standard InChI is InChI=1S/C26H29N3O3/c27-24(17-21-12-6-2-7-13-21)25(30)29-23(16-20-10-4-1-5-11-20)18-28-26(31)32-19-22-14-8-3-9-15-22/h1-15,23-24H,16-19,27H2,(H,28,31)(H,29,30)/t23-,24+/m1/s1. The molecule has 2 atom stereocenters. The summed E-state index contributed by atoms with van der Waals surface area (Å²) in [6.07, 6.45) is 0.468. The number of benzene rings is 3. The van der Waals surface area contributed by atoms with Gasteiger partial charge in [0.15, 0.2) is 0 Å². The summed E-state index contributed by atoms with van der Waals surface area (Å²) in [7, 11) is 0. The second kappa shape index (κ2) is 12.3. The van der Waals surface area contributed by atoms with Gasteiger partial charge in [0, 0.05) is 6.54 Å². The van der Waals surface area contributed by atoms with Crippen LogP contribution in [-0.2, 0) is 29.0 Å². The molecule has 0 heterocycles. The Kier molecular flexibility index (Phi) is 8.83. The van der Waals surface area contributed by atoms with Crippen LogP contribution in [0.3, 0.4) is 0 Å². The Labute approximate surface area is 188 Å². The number of alkyl carbamates (subject to hydrolysis) is 1. The van der Waals surface area contributed by atoms with E-state index in [-0.39, 0.29) is 25.1 Å². The first-order valence-electron chi connectivity index (χ1n) is 10.7. The highest BCUT2D eigenvalue weighted by Gasteiger charge is 2.20. The van der Waals surface area contributed by atoms with Gasteiger partial charge in [-0.3, -0.25) is 4.79 Å². The van der Waals surface area contributed by atoms with Crippen molar-refractivity contribution in [3.8, 4) is 0 Å². The minimum atomic E-state index is -0.680. The molecule has 0 aromatic heterocycles. The Balaban J connectivity index is 1.55. The van der Waals surface area contributed by atoms with E-state index in [4.69, 9.17) is 10.5 Å². The molecule has 0 fully saturated rings. The zero-order chi connectivity index (χ0) is 22.6. The van der Waals surface area contributed by atoms with Crippen molar-refractivity contribution in [2.24, 2.45) is 5.73 Å². The summed E-state index contributed by atoms with van der Waals surface area (Å²) in [4.78, 5) is 24.9.